The minimum Gasteiger partial charge on any atom is -0.351 e. The molecule has 0 radical (unpaired) electrons. The van der Waals surface area contributed by atoms with Crippen molar-refractivity contribution in [2.75, 3.05) is 18.5 Å². The van der Waals surface area contributed by atoms with Crippen LogP contribution in [0.4, 0.5) is 10.5 Å². The van der Waals surface area contributed by atoms with E-state index in [1.54, 1.807) is 7.05 Å². The Morgan fingerprint density at radius 2 is 2.12 bits per heavy atom. The van der Waals surface area contributed by atoms with E-state index in [-0.39, 0.29) is 0 Å². The Labute approximate surface area is 96.2 Å². The summed E-state index contributed by atoms with van der Waals surface area (Å²) in [5.41, 5.74) is 12.7. The van der Waals surface area contributed by atoms with Crippen LogP contribution in [-0.4, -0.2) is 19.6 Å². The molecule has 0 unspecified atom stereocenters. The summed E-state index contributed by atoms with van der Waals surface area (Å²) in [7, 11) is 1.67. The quantitative estimate of drug-likeness (QED) is 0.739. The third-order valence-corrected chi connectivity index (χ3v) is 2.55. The maximum atomic E-state index is 11.0. The minimum atomic E-state index is -0.445. The van der Waals surface area contributed by atoms with E-state index >= 15 is 0 Å². The van der Waals surface area contributed by atoms with Gasteiger partial charge in [0.1, 0.15) is 0 Å². The van der Waals surface area contributed by atoms with E-state index in [9.17, 15) is 4.79 Å². The Balaban J connectivity index is 2.67. The van der Waals surface area contributed by atoms with Gasteiger partial charge >= 0.3 is 6.03 Å². The fourth-order valence-corrected chi connectivity index (χ4v) is 1.52. The van der Waals surface area contributed by atoms with E-state index in [1.807, 2.05) is 18.2 Å². The van der Waals surface area contributed by atoms with Gasteiger partial charge in [0.05, 0.1) is 0 Å². The molecule has 0 bridgehead atoms. The highest BCUT2D eigenvalue weighted by atomic mass is 16.2. The van der Waals surface area contributed by atoms with Crippen LogP contribution in [0.15, 0.2) is 24.3 Å². The number of aryl methyl sites for hydroxylation is 1. The number of rotatable bonds is 5. The molecule has 0 heterocycles. The summed E-state index contributed by atoms with van der Waals surface area (Å²) in [6.45, 7) is 0.723. The van der Waals surface area contributed by atoms with Gasteiger partial charge in [-0.1, -0.05) is 12.1 Å². The van der Waals surface area contributed by atoms with Crippen LogP contribution >= 0.6 is 0 Å². The number of hydrogen-bond donors (Lipinski definition) is 2. The summed E-state index contributed by atoms with van der Waals surface area (Å²) in [5, 5.41) is 0. The summed E-state index contributed by atoms with van der Waals surface area (Å²) in [6, 6.07) is 7.40. The van der Waals surface area contributed by atoms with Crippen molar-refractivity contribution in [3.05, 3.63) is 29.8 Å². The van der Waals surface area contributed by atoms with Crippen molar-refractivity contribution in [3.63, 3.8) is 0 Å². The molecule has 1 aromatic carbocycles. The Hall–Kier alpha value is -1.55. The monoisotopic (exact) mass is 221 g/mol. The smallest absolute Gasteiger partial charge is 0.318 e. The van der Waals surface area contributed by atoms with Crippen LogP contribution in [0.1, 0.15) is 18.4 Å². The molecular weight excluding hydrogens is 202 g/mol. The van der Waals surface area contributed by atoms with Gasteiger partial charge in [-0.05, 0) is 43.5 Å². The van der Waals surface area contributed by atoms with Crippen molar-refractivity contribution in [2.24, 2.45) is 11.5 Å². The summed E-state index contributed by atoms with van der Waals surface area (Å²) < 4.78 is 0. The predicted octanol–water partition coefficient (Wildman–Crippen LogP) is 1.48. The summed E-state index contributed by atoms with van der Waals surface area (Å²) in [5.74, 6) is 0. The van der Waals surface area contributed by atoms with Crippen LogP contribution in [0.2, 0.25) is 0 Å². The van der Waals surface area contributed by atoms with Crippen molar-refractivity contribution >= 4 is 11.7 Å². The lowest BCUT2D eigenvalue weighted by molar-refractivity contribution is 0.255. The zero-order valence-corrected chi connectivity index (χ0v) is 9.65. The molecule has 4 heteroatoms. The highest BCUT2D eigenvalue weighted by molar-refractivity contribution is 5.90. The molecule has 4 nitrogen and oxygen atoms in total. The Morgan fingerprint density at radius 3 is 2.75 bits per heavy atom. The van der Waals surface area contributed by atoms with Crippen LogP contribution in [0.5, 0.6) is 0 Å². The Kier molecular flexibility index (Phi) is 4.79. The molecule has 2 amide bonds. The third-order valence-electron chi connectivity index (χ3n) is 2.55. The van der Waals surface area contributed by atoms with Gasteiger partial charge in [0.25, 0.3) is 0 Å². The van der Waals surface area contributed by atoms with E-state index < -0.39 is 6.03 Å². The SMILES string of the molecule is CN(C(N)=O)c1cccc(CCCCN)c1. The molecule has 88 valence electrons. The first-order valence-electron chi connectivity index (χ1n) is 5.47. The molecule has 16 heavy (non-hydrogen) atoms. The molecule has 0 saturated carbocycles. The van der Waals surface area contributed by atoms with Crippen LogP contribution in [0.25, 0.3) is 0 Å². The summed E-state index contributed by atoms with van der Waals surface area (Å²) in [6.07, 6.45) is 3.08. The molecule has 0 aromatic heterocycles. The summed E-state index contributed by atoms with van der Waals surface area (Å²) in [4.78, 5) is 12.4. The number of hydrogen-bond acceptors (Lipinski definition) is 2. The zero-order chi connectivity index (χ0) is 12.0. The number of nitrogens with zero attached hydrogens (tertiary/aromatic N) is 1. The molecule has 0 spiro atoms. The van der Waals surface area contributed by atoms with Crippen LogP contribution in [0.3, 0.4) is 0 Å². The number of nitrogens with two attached hydrogens (primary N) is 2. The van der Waals surface area contributed by atoms with Gasteiger partial charge in [0.2, 0.25) is 0 Å². The number of carbonyl (C=O) groups excluding carboxylic acids is 1. The number of amides is 2. The molecule has 4 N–H and O–H groups in total. The van der Waals surface area contributed by atoms with Crippen LogP contribution in [0, 0.1) is 0 Å². The maximum absolute atomic E-state index is 11.0. The van der Waals surface area contributed by atoms with Gasteiger partial charge < -0.3 is 11.5 Å². The number of unbranched alkanes of at least 4 members (excludes halogenated alkanes) is 1. The van der Waals surface area contributed by atoms with Crippen molar-refractivity contribution in [1.29, 1.82) is 0 Å². The number of primary amides is 1. The zero-order valence-electron chi connectivity index (χ0n) is 9.65. The van der Waals surface area contributed by atoms with E-state index in [2.05, 4.69) is 6.07 Å². The summed E-state index contributed by atoms with van der Waals surface area (Å²) >= 11 is 0. The van der Waals surface area contributed by atoms with Crippen molar-refractivity contribution in [2.45, 2.75) is 19.3 Å². The van der Waals surface area contributed by atoms with Gasteiger partial charge in [-0.2, -0.15) is 0 Å². The van der Waals surface area contributed by atoms with Gasteiger partial charge in [0, 0.05) is 12.7 Å². The lowest BCUT2D eigenvalue weighted by atomic mass is 10.1. The first-order valence-corrected chi connectivity index (χ1v) is 5.47. The normalized spacial score (nSPS) is 10.1. The molecular formula is C12H19N3O. The molecule has 0 aliphatic carbocycles. The van der Waals surface area contributed by atoms with Crippen molar-refractivity contribution < 1.29 is 4.79 Å². The molecule has 0 aliphatic rings. The van der Waals surface area contributed by atoms with Gasteiger partial charge in [-0.25, -0.2) is 4.79 Å². The fraction of sp³-hybridized carbons (Fsp3) is 0.417. The standard InChI is InChI=1S/C12H19N3O/c1-15(12(14)16)11-7-4-6-10(9-11)5-2-3-8-13/h4,6-7,9H,2-3,5,8,13H2,1H3,(H2,14,16). The molecule has 0 aliphatic heterocycles. The van der Waals surface area contributed by atoms with Crippen LogP contribution in [-0.2, 0) is 6.42 Å². The van der Waals surface area contributed by atoms with E-state index in [1.165, 1.54) is 10.5 Å². The molecule has 0 fully saturated rings. The average Bonchev–Trinajstić information content (AvgIpc) is 2.29. The van der Waals surface area contributed by atoms with E-state index in [0.717, 1.165) is 31.5 Å². The predicted molar refractivity (Wildman–Crippen MR) is 66.4 cm³/mol. The van der Waals surface area contributed by atoms with Crippen molar-refractivity contribution in [1.82, 2.24) is 0 Å². The van der Waals surface area contributed by atoms with Crippen molar-refractivity contribution in [3.8, 4) is 0 Å². The fourth-order valence-electron chi connectivity index (χ4n) is 1.52. The van der Waals surface area contributed by atoms with Gasteiger partial charge in [0.15, 0.2) is 0 Å². The number of anilines is 1. The molecule has 0 saturated heterocycles. The highest BCUT2D eigenvalue weighted by Gasteiger charge is 2.06. The van der Waals surface area contributed by atoms with E-state index in [0.29, 0.717) is 0 Å². The van der Waals surface area contributed by atoms with Crippen LogP contribution < -0.4 is 16.4 Å². The third kappa shape index (κ3) is 3.55. The average molecular weight is 221 g/mol. The first-order chi connectivity index (χ1) is 7.65. The Morgan fingerprint density at radius 1 is 1.38 bits per heavy atom. The Bertz CT molecular complexity index is 352. The number of urea groups is 1. The second kappa shape index (κ2) is 6.12. The lowest BCUT2D eigenvalue weighted by Crippen LogP contribution is -2.31. The van der Waals surface area contributed by atoms with Gasteiger partial charge in [-0.15, -0.1) is 0 Å². The molecule has 0 atom stereocenters. The lowest BCUT2D eigenvalue weighted by Gasteiger charge is -2.15. The van der Waals surface area contributed by atoms with E-state index in [4.69, 9.17) is 11.5 Å². The number of benzene rings is 1. The highest BCUT2D eigenvalue weighted by Crippen LogP contribution is 2.16. The number of carbonyl (C=O) groups is 1. The largest absolute Gasteiger partial charge is 0.351 e. The molecule has 1 rings (SSSR count). The molecule has 1 aromatic rings. The topological polar surface area (TPSA) is 72.3 Å². The second-order valence-electron chi connectivity index (χ2n) is 3.81. The van der Waals surface area contributed by atoms with Gasteiger partial charge in [-0.3, -0.25) is 4.90 Å². The second-order valence-corrected chi connectivity index (χ2v) is 3.81. The maximum Gasteiger partial charge on any atom is 0.318 e. The first kappa shape index (κ1) is 12.5. The minimum absolute atomic E-state index is 0.445.